The van der Waals surface area contributed by atoms with Crippen LogP contribution in [0.25, 0.3) is 0 Å². The molecule has 0 fully saturated rings. The Hall–Kier alpha value is -3.35. The summed E-state index contributed by atoms with van der Waals surface area (Å²) in [4.78, 5) is 38.0. The van der Waals surface area contributed by atoms with Gasteiger partial charge in [-0.2, -0.15) is 0 Å². The van der Waals surface area contributed by atoms with E-state index >= 15 is 0 Å². The van der Waals surface area contributed by atoms with Crippen LogP contribution in [0.15, 0.2) is 48.5 Å². The van der Waals surface area contributed by atoms with Gasteiger partial charge in [0.15, 0.2) is 6.61 Å². The van der Waals surface area contributed by atoms with Gasteiger partial charge in [-0.1, -0.05) is 18.2 Å². The summed E-state index contributed by atoms with van der Waals surface area (Å²) in [5.41, 5.74) is 1.12. The number of nitrogens with zero attached hydrogens (tertiary/aromatic N) is 1. The third-order valence-corrected chi connectivity index (χ3v) is 4.65. The number of benzene rings is 2. The van der Waals surface area contributed by atoms with Gasteiger partial charge < -0.3 is 19.7 Å². The number of fused-ring (bicyclic) bond motifs is 1. The molecule has 2 aromatic carbocycles. The van der Waals surface area contributed by atoms with E-state index in [-0.39, 0.29) is 25.0 Å². The van der Waals surface area contributed by atoms with E-state index in [1.54, 1.807) is 44.2 Å². The summed E-state index contributed by atoms with van der Waals surface area (Å²) in [5.74, 6) is -0.384. The molecule has 0 aliphatic carbocycles. The molecule has 1 aliphatic rings. The highest BCUT2D eigenvalue weighted by Gasteiger charge is 2.44. The molecular weight excluding hydrogens is 360 g/mol. The Labute approximate surface area is 163 Å². The number of ether oxygens (including phenoxy) is 2. The molecule has 7 heteroatoms. The van der Waals surface area contributed by atoms with Crippen LogP contribution in [0.5, 0.6) is 5.75 Å². The van der Waals surface area contributed by atoms with Gasteiger partial charge in [0.05, 0.1) is 12.5 Å². The Morgan fingerprint density at radius 1 is 1.11 bits per heavy atom. The molecule has 0 saturated heterocycles. The lowest BCUT2D eigenvalue weighted by atomic mass is 9.86. The second-order valence-electron chi connectivity index (χ2n) is 6.97. The van der Waals surface area contributed by atoms with E-state index < -0.39 is 11.4 Å². The Balaban J connectivity index is 1.73. The average Bonchev–Trinajstić information content (AvgIpc) is 2.87. The molecule has 1 heterocycles. The number of esters is 1. The van der Waals surface area contributed by atoms with Crippen molar-refractivity contribution in [1.82, 2.24) is 0 Å². The van der Waals surface area contributed by atoms with Crippen molar-refractivity contribution in [3.8, 4) is 5.75 Å². The monoisotopic (exact) mass is 382 g/mol. The van der Waals surface area contributed by atoms with Crippen molar-refractivity contribution < 1.29 is 23.9 Å². The molecule has 0 atom stereocenters. The number of carbonyl (C=O) groups excluding carboxylic acids is 3. The fraction of sp³-hybridized carbons (Fsp3) is 0.286. The minimum absolute atomic E-state index is 0.127. The fourth-order valence-corrected chi connectivity index (χ4v) is 3.13. The second kappa shape index (κ2) is 7.72. The maximum Gasteiger partial charge on any atom is 0.325 e. The molecule has 7 nitrogen and oxygen atoms in total. The third kappa shape index (κ3) is 3.83. The highest BCUT2D eigenvalue weighted by atomic mass is 16.5. The Morgan fingerprint density at radius 2 is 1.82 bits per heavy atom. The first-order valence-electron chi connectivity index (χ1n) is 8.84. The topological polar surface area (TPSA) is 84.9 Å². The van der Waals surface area contributed by atoms with Crippen molar-refractivity contribution in [2.24, 2.45) is 0 Å². The standard InChI is InChI=1S/C21H22N2O5/c1-21(2)16-11-14(22-18(24)13-28-15-7-5-4-6-8-15)9-10-17(16)23(20(21)26)12-19(25)27-3/h4-11H,12-13H2,1-3H3,(H,22,24). The molecule has 2 amide bonds. The quantitative estimate of drug-likeness (QED) is 0.776. The van der Waals surface area contributed by atoms with Gasteiger partial charge in [-0.15, -0.1) is 0 Å². The van der Waals surface area contributed by atoms with Crippen molar-refractivity contribution in [3.63, 3.8) is 0 Å². The summed E-state index contributed by atoms with van der Waals surface area (Å²) < 4.78 is 10.1. The van der Waals surface area contributed by atoms with Gasteiger partial charge in [-0.25, -0.2) is 0 Å². The molecule has 1 aliphatic heterocycles. The molecule has 0 saturated carbocycles. The number of hydrogen-bond donors (Lipinski definition) is 1. The van der Waals surface area contributed by atoms with Gasteiger partial charge in [0.1, 0.15) is 12.3 Å². The van der Waals surface area contributed by atoms with Gasteiger partial charge in [0, 0.05) is 11.4 Å². The van der Waals surface area contributed by atoms with Crippen molar-refractivity contribution in [2.45, 2.75) is 19.3 Å². The van der Waals surface area contributed by atoms with Crippen LogP contribution in [0.4, 0.5) is 11.4 Å². The zero-order valence-corrected chi connectivity index (χ0v) is 16.0. The summed E-state index contributed by atoms with van der Waals surface area (Å²) in [6.07, 6.45) is 0. The zero-order valence-electron chi connectivity index (χ0n) is 16.0. The summed E-state index contributed by atoms with van der Waals surface area (Å²) in [6, 6.07) is 14.2. The Bertz CT molecular complexity index is 908. The molecule has 3 rings (SSSR count). The molecule has 0 spiro atoms. The van der Waals surface area contributed by atoms with E-state index in [0.29, 0.717) is 17.1 Å². The molecule has 0 bridgehead atoms. The van der Waals surface area contributed by atoms with Gasteiger partial charge in [-0.05, 0) is 49.7 Å². The first-order chi connectivity index (χ1) is 13.3. The molecule has 146 valence electrons. The fourth-order valence-electron chi connectivity index (χ4n) is 3.13. The van der Waals surface area contributed by atoms with E-state index in [1.165, 1.54) is 12.0 Å². The molecule has 28 heavy (non-hydrogen) atoms. The van der Waals surface area contributed by atoms with Crippen LogP contribution in [-0.4, -0.2) is 38.0 Å². The predicted octanol–water partition coefficient (Wildman–Crippen LogP) is 2.50. The van der Waals surface area contributed by atoms with Crippen molar-refractivity contribution in [3.05, 3.63) is 54.1 Å². The van der Waals surface area contributed by atoms with Crippen LogP contribution in [0.2, 0.25) is 0 Å². The van der Waals surface area contributed by atoms with Crippen LogP contribution in [0.3, 0.4) is 0 Å². The number of amides is 2. The lowest BCUT2D eigenvalue weighted by molar-refractivity contribution is -0.140. The third-order valence-electron chi connectivity index (χ3n) is 4.65. The molecular formula is C21H22N2O5. The van der Waals surface area contributed by atoms with Crippen LogP contribution in [-0.2, 0) is 24.5 Å². The second-order valence-corrected chi connectivity index (χ2v) is 6.97. The Morgan fingerprint density at radius 3 is 2.50 bits per heavy atom. The average molecular weight is 382 g/mol. The maximum absolute atomic E-state index is 12.7. The highest BCUT2D eigenvalue weighted by Crippen LogP contribution is 2.42. The maximum atomic E-state index is 12.7. The van der Waals surface area contributed by atoms with Crippen LogP contribution >= 0.6 is 0 Å². The van der Waals surface area contributed by atoms with Crippen LogP contribution < -0.4 is 15.0 Å². The van der Waals surface area contributed by atoms with E-state index in [0.717, 1.165) is 5.56 Å². The molecule has 1 N–H and O–H groups in total. The Kier molecular flexibility index (Phi) is 5.35. The number of para-hydroxylation sites is 1. The largest absolute Gasteiger partial charge is 0.484 e. The smallest absolute Gasteiger partial charge is 0.325 e. The number of nitrogens with one attached hydrogen (secondary N) is 1. The summed E-state index contributed by atoms with van der Waals surface area (Å²) in [7, 11) is 1.28. The van der Waals surface area contributed by atoms with E-state index in [9.17, 15) is 14.4 Å². The zero-order chi connectivity index (χ0) is 20.3. The lowest BCUT2D eigenvalue weighted by Gasteiger charge is -2.19. The van der Waals surface area contributed by atoms with Crippen molar-refractivity contribution in [1.29, 1.82) is 0 Å². The van der Waals surface area contributed by atoms with Gasteiger partial charge in [0.25, 0.3) is 5.91 Å². The first-order valence-corrected chi connectivity index (χ1v) is 8.84. The summed E-state index contributed by atoms with van der Waals surface area (Å²) in [5, 5.41) is 2.78. The van der Waals surface area contributed by atoms with E-state index in [2.05, 4.69) is 10.1 Å². The predicted molar refractivity (Wildman–Crippen MR) is 104 cm³/mol. The van der Waals surface area contributed by atoms with E-state index in [1.807, 2.05) is 18.2 Å². The van der Waals surface area contributed by atoms with Gasteiger partial charge in [-0.3, -0.25) is 14.4 Å². The van der Waals surface area contributed by atoms with Gasteiger partial charge in [0.2, 0.25) is 5.91 Å². The first kappa shape index (κ1) is 19.4. The number of methoxy groups -OCH3 is 1. The SMILES string of the molecule is COC(=O)CN1C(=O)C(C)(C)c2cc(NC(=O)COc3ccccc3)ccc21. The van der Waals surface area contributed by atoms with Crippen LogP contribution in [0, 0.1) is 0 Å². The van der Waals surface area contributed by atoms with Crippen LogP contribution in [0.1, 0.15) is 19.4 Å². The lowest BCUT2D eigenvalue weighted by Crippen LogP contribution is -2.39. The highest BCUT2D eigenvalue weighted by molar-refractivity contribution is 6.10. The minimum atomic E-state index is -0.815. The summed E-state index contributed by atoms with van der Waals surface area (Å²) >= 11 is 0. The van der Waals surface area contributed by atoms with E-state index in [4.69, 9.17) is 4.74 Å². The normalized spacial score (nSPS) is 14.4. The molecule has 0 aromatic heterocycles. The van der Waals surface area contributed by atoms with Crippen molar-refractivity contribution >= 4 is 29.2 Å². The number of anilines is 2. The molecule has 0 radical (unpaired) electrons. The van der Waals surface area contributed by atoms with Gasteiger partial charge >= 0.3 is 5.97 Å². The number of rotatable bonds is 6. The number of carbonyl (C=O) groups is 3. The summed E-state index contributed by atoms with van der Waals surface area (Å²) in [6.45, 7) is 3.30. The number of hydrogen-bond acceptors (Lipinski definition) is 5. The minimum Gasteiger partial charge on any atom is -0.484 e. The van der Waals surface area contributed by atoms with Crippen molar-refractivity contribution in [2.75, 3.05) is 30.5 Å². The molecule has 2 aromatic rings. The molecule has 0 unspecified atom stereocenters.